The average molecular weight is 286 g/mol. The van der Waals surface area contributed by atoms with Gasteiger partial charge in [0.25, 0.3) is 0 Å². The number of carboxylic acids is 1. The SMILES string of the molecule is Cc1cc(=O)c(CC(=O)O)nn1-c1ccc(C(C)C)cc1. The number of benzene rings is 1. The van der Waals surface area contributed by atoms with Gasteiger partial charge in [-0.25, -0.2) is 4.68 Å². The van der Waals surface area contributed by atoms with Crippen LogP contribution in [0.3, 0.4) is 0 Å². The van der Waals surface area contributed by atoms with Crippen LogP contribution < -0.4 is 5.43 Å². The van der Waals surface area contributed by atoms with E-state index in [1.807, 2.05) is 24.3 Å². The van der Waals surface area contributed by atoms with Crippen molar-refractivity contribution in [2.75, 3.05) is 0 Å². The van der Waals surface area contributed by atoms with Crippen LogP contribution >= 0.6 is 0 Å². The first-order valence-corrected chi connectivity index (χ1v) is 6.80. The first kappa shape index (κ1) is 15.0. The molecule has 0 aliphatic rings. The van der Waals surface area contributed by atoms with Gasteiger partial charge in [0.1, 0.15) is 5.69 Å². The minimum atomic E-state index is -1.06. The normalized spacial score (nSPS) is 10.9. The van der Waals surface area contributed by atoms with Gasteiger partial charge in [-0.1, -0.05) is 26.0 Å². The lowest BCUT2D eigenvalue weighted by atomic mass is 10.0. The molecule has 1 heterocycles. The summed E-state index contributed by atoms with van der Waals surface area (Å²) < 4.78 is 1.60. The van der Waals surface area contributed by atoms with Crippen molar-refractivity contribution in [3.05, 3.63) is 57.5 Å². The number of rotatable bonds is 4. The van der Waals surface area contributed by atoms with Gasteiger partial charge in [-0.05, 0) is 30.5 Å². The maximum atomic E-state index is 11.8. The molecule has 1 N–H and O–H groups in total. The summed E-state index contributed by atoms with van der Waals surface area (Å²) in [7, 11) is 0. The smallest absolute Gasteiger partial charge is 0.309 e. The highest BCUT2D eigenvalue weighted by molar-refractivity contribution is 5.69. The molecule has 21 heavy (non-hydrogen) atoms. The van der Waals surface area contributed by atoms with Crippen LogP contribution in [0.15, 0.2) is 35.1 Å². The van der Waals surface area contributed by atoms with Crippen molar-refractivity contribution in [3.8, 4) is 5.69 Å². The molecule has 2 rings (SSSR count). The Kier molecular flexibility index (Phi) is 4.21. The van der Waals surface area contributed by atoms with Gasteiger partial charge in [0, 0.05) is 11.8 Å². The molecule has 1 aromatic heterocycles. The van der Waals surface area contributed by atoms with Gasteiger partial charge in [-0.2, -0.15) is 5.10 Å². The highest BCUT2D eigenvalue weighted by Crippen LogP contribution is 2.17. The molecule has 0 spiro atoms. The molecule has 2 aromatic rings. The Morgan fingerprint density at radius 1 is 1.29 bits per heavy atom. The van der Waals surface area contributed by atoms with Gasteiger partial charge in [-0.15, -0.1) is 0 Å². The lowest BCUT2D eigenvalue weighted by molar-refractivity contribution is -0.136. The highest BCUT2D eigenvalue weighted by Gasteiger charge is 2.11. The number of carbonyl (C=O) groups is 1. The van der Waals surface area contributed by atoms with Gasteiger partial charge in [-0.3, -0.25) is 9.59 Å². The summed E-state index contributed by atoms with van der Waals surface area (Å²) in [6.07, 6.45) is -0.372. The minimum Gasteiger partial charge on any atom is -0.481 e. The van der Waals surface area contributed by atoms with Crippen molar-refractivity contribution in [3.63, 3.8) is 0 Å². The van der Waals surface area contributed by atoms with Gasteiger partial charge in [0.05, 0.1) is 12.1 Å². The number of hydrogen-bond donors (Lipinski definition) is 1. The van der Waals surface area contributed by atoms with Crippen molar-refractivity contribution in [2.24, 2.45) is 0 Å². The molecular weight excluding hydrogens is 268 g/mol. The maximum absolute atomic E-state index is 11.8. The summed E-state index contributed by atoms with van der Waals surface area (Å²) in [4.78, 5) is 22.5. The summed E-state index contributed by atoms with van der Waals surface area (Å²) in [5.74, 6) is -0.630. The number of carboxylic acid groups (broad SMARTS) is 1. The zero-order valence-corrected chi connectivity index (χ0v) is 12.3. The number of aryl methyl sites for hydroxylation is 1. The van der Waals surface area contributed by atoms with E-state index in [4.69, 9.17) is 5.11 Å². The Morgan fingerprint density at radius 3 is 2.43 bits per heavy atom. The van der Waals surface area contributed by atoms with Crippen LogP contribution in [0, 0.1) is 6.92 Å². The van der Waals surface area contributed by atoms with Gasteiger partial charge < -0.3 is 5.11 Å². The standard InChI is InChI=1S/C16H18N2O3/c1-10(2)12-4-6-13(7-5-12)18-11(3)8-15(19)14(17-18)9-16(20)21/h4-8,10H,9H2,1-3H3,(H,20,21). The summed E-state index contributed by atoms with van der Waals surface area (Å²) in [5.41, 5.74) is 2.39. The Bertz CT molecular complexity index is 715. The predicted molar refractivity (Wildman–Crippen MR) is 80.0 cm³/mol. The average Bonchev–Trinajstić information content (AvgIpc) is 2.41. The summed E-state index contributed by atoms with van der Waals surface area (Å²) >= 11 is 0. The topological polar surface area (TPSA) is 72.2 Å². The lowest BCUT2D eigenvalue weighted by Crippen LogP contribution is -2.21. The molecule has 110 valence electrons. The molecule has 0 fully saturated rings. The molecule has 5 heteroatoms. The Hall–Kier alpha value is -2.43. The molecule has 0 unspecified atom stereocenters. The van der Waals surface area contributed by atoms with Crippen LogP contribution in [0.5, 0.6) is 0 Å². The zero-order valence-electron chi connectivity index (χ0n) is 12.3. The number of hydrogen-bond acceptors (Lipinski definition) is 3. The van der Waals surface area contributed by atoms with E-state index in [-0.39, 0.29) is 17.5 Å². The lowest BCUT2D eigenvalue weighted by Gasteiger charge is -2.12. The first-order chi connectivity index (χ1) is 9.88. The van der Waals surface area contributed by atoms with Gasteiger partial charge >= 0.3 is 5.97 Å². The fraction of sp³-hybridized carbons (Fsp3) is 0.312. The molecule has 0 atom stereocenters. The van der Waals surface area contributed by atoms with Gasteiger partial charge in [0.15, 0.2) is 0 Å². The van der Waals surface area contributed by atoms with E-state index in [0.717, 1.165) is 5.69 Å². The van der Waals surface area contributed by atoms with E-state index in [1.165, 1.54) is 11.6 Å². The summed E-state index contributed by atoms with van der Waals surface area (Å²) in [6, 6.07) is 9.28. The third kappa shape index (κ3) is 3.37. The van der Waals surface area contributed by atoms with E-state index >= 15 is 0 Å². The number of nitrogens with zero attached hydrogens (tertiary/aromatic N) is 2. The Balaban J connectivity index is 2.47. The molecule has 0 radical (unpaired) electrons. The van der Waals surface area contributed by atoms with Crippen molar-refractivity contribution < 1.29 is 9.90 Å². The molecule has 0 aliphatic carbocycles. The monoisotopic (exact) mass is 286 g/mol. The van der Waals surface area contributed by atoms with Crippen molar-refractivity contribution in [2.45, 2.75) is 33.1 Å². The third-order valence-corrected chi connectivity index (χ3v) is 3.30. The van der Waals surface area contributed by atoms with Crippen LogP contribution in [-0.2, 0) is 11.2 Å². The molecule has 0 saturated carbocycles. The second kappa shape index (κ2) is 5.91. The zero-order chi connectivity index (χ0) is 15.6. The van der Waals surface area contributed by atoms with Crippen molar-refractivity contribution in [1.29, 1.82) is 0 Å². The first-order valence-electron chi connectivity index (χ1n) is 6.80. The molecule has 0 bridgehead atoms. The third-order valence-electron chi connectivity index (χ3n) is 3.30. The van der Waals surface area contributed by atoms with E-state index in [0.29, 0.717) is 11.6 Å². The fourth-order valence-corrected chi connectivity index (χ4v) is 2.11. The maximum Gasteiger partial charge on any atom is 0.309 e. The molecule has 5 nitrogen and oxygen atoms in total. The molecule has 0 saturated heterocycles. The van der Waals surface area contributed by atoms with E-state index in [2.05, 4.69) is 18.9 Å². The molecule has 1 aromatic carbocycles. The van der Waals surface area contributed by atoms with E-state index in [9.17, 15) is 9.59 Å². The Labute approximate surface area is 122 Å². The summed E-state index contributed by atoms with van der Waals surface area (Å²) in [6.45, 7) is 6.00. The number of aromatic nitrogens is 2. The largest absolute Gasteiger partial charge is 0.481 e. The molecule has 0 aliphatic heterocycles. The highest BCUT2D eigenvalue weighted by atomic mass is 16.4. The molecular formula is C16H18N2O3. The second-order valence-corrected chi connectivity index (χ2v) is 5.33. The fourth-order valence-electron chi connectivity index (χ4n) is 2.11. The van der Waals surface area contributed by atoms with E-state index < -0.39 is 5.97 Å². The van der Waals surface area contributed by atoms with Crippen LogP contribution in [0.4, 0.5) is 0 Å². The molecule has 0 amide bonds. The van der Waals surface area contributed by atoms with Crippen LogP contribution in [-0.4, -0.2) is 20.9 Å². The van der Waals surface area contributed by atoms with Gasteiger partial charge in [0.2, 0.25) is 5.43 Å². The second-order valence-electron chi connectivity index (χ2n) is 5.33. The predicted octanol–water partition coefficient (Wildman–Crippen LogP) is 2.29. The van der Waals surface area contributed by atoms with Crippen molar-refractivity contribution >= 4 is 5.97 Å². The van der Waals surface area contributed by atoms with E-state index in [1.54, 1.807) is 11.6 Å². The van der Waals surface area contributed by atoms with Crippen LogP contribution in [0.1, 0.15) is 36.7 Å². The number of aliphatic carboxylic acids is 1. The summed E-state index contributed by atoms with van der Waals surface area (Å²) in [5, 5.41) is 13.0. The quantitative estimate of drug-likeness (QED) is 0.936. The minimum absolute atomic E-state index is 0.0426. The van der Waals surface area contributed by atoms with Crippen LogP contribution in [0.2, 0.25) is 0 Å². The van der Waals surface area contributed by atoms with Crippen LogP contribution in [0.25, 0.3) is 5.69 Å². The van der Waals surface area contributed by atoms with Crippen molar-refractivity contribution in [1.82, 2.24) is 9.78 Å². The Morgan fingerprint density at radius 2 is 1.90 bits per heavy atom.